The Hall–Kier alpha value is -2.53. The molecule has 8 N–H and O–H groups in total. The Morgan fingerprint density at radius 3 is 2.03 bits per heavy atom. The van der Waals surface area contributed by atoms with Crippen molar-refractivity contribution in [3.63, 3.8) is 0 Å². The maximum absolute atomic E-state index is 12.8. The molecule has 0 aromatic rings. The van der Waals surface area contributed by atoms with Crippen molar-refractivity contribution in [1.82, 2.24) is 16.0 Å². The fourth-order valence-electron chi connectivity index (χ4n) is 2.45. The van der Waals surface area contributed by atoms with Gasteiger partial charge in [-0.15, -0.1) is 0 Å². The minimum absolute atomic E-state index is 0.114. The van der Waals surface area contributed by atoms with Crippen LogP contribution in [0.2, 0.25) is 0 Å². The van der Waals surface area contributed by atoms with E-state index in [1.165, 1.54) is 0 Å². The highest BCUT2D eigenvalue weighted by molar-refractivity contribution is 5.94. The minimum Gasteiger partial charge on any atom is -0.394 e. The number of aliphatic hydroxyl groups is 1. The van der Waals surface area contributed by atoms with E-state index in [9.17, 15) is 24.0 Å². The van der Waals surface area contributed by atoms with Crippen LogP contribution in [0.4, 0.5) is 0 Å². The summed E-state index contributed by atoms with van der Waals surface area (Å²) in [7, 11) is 0. The Morgan fingerprint density at radius 1 is 1.00 bits per heavy atom. The molecule has 171 valence electrons. The average Bonchev–Trinajstić information content (AvgIpc) is 2.70. The molecular formula is C19H34N5O6. The Labute approximate surface area is 176 Å². The largest absolute Gasteiger partial charge is 0.394 e. The van der Waals surface area contributed by atoms with E-state index in [0.717, 1.165) is 0 Å². The van der Waals surface area contributed by atoms with Crippen molar-refractivity contribution in [2.45, 2.75) is 71.1 Å². The smallest absolute Gasteiger partial charge is 0.243 e. The monoisotopic (exact) mass is 428 g/mol. The van der Waals surface area contributed by atoms with Gasteiger partial charge < -0.3 is 32.5 Å². The summed E-state index contributed by atoms with van der Waals surface area (Å²) in [5.41, 5.74) is 10.6. The van der Waals surface area contributed by atoms with Gasteiger partial charge in [0.25, 0.3) is 0 Å². The third-order valence-electron chi connectivity index (χ3n) is 4.73. The maximum Gasteiger partial charge on any atom is 0.243 e. The zero-order valence-corrected chi connectivity index (χ0v) is 17.9. The lowest BCUT2D eigenvalue weighted by molar-refractivity contribution is -0.134. The molecule has 0 fully saturated rings. The molecule has 0 saturated heterocycles. The van der Waals surface area contributed by atoms with Crippen LogP contribution >= 0.6 is 0 Å². The standard InChI is InChI=1S/C19H34N5O6/c1-5-11(4)16(19(30)23-14(9-26)10(2)3)24-18(29)13(6-7-15(21)27)22-17(28)12(20)8-25/h10-14,16,25H,5-8,20H2,1-4H3,(H2,21,27)(H,22,28)(H,23,30)(H,24,29)/t11-,12-,13-,14+,16-/m0/s1. The second-order valence-corrected chi connectivity index (χ2v) is 7.58. The molecule has 11 nitrogen and oxygen atoms in total. The molecular weight excluding hydrogens is 394 g/mol. The van der Waals surface area contributed by atoms with Crippen LogP contribution in [0.3, 0.4) is 0 Å². The number of nitrogens with one attached hydrogen (secondary N) is 3. The van der Waals surface area contributed by atoms with E-state index in [2.05, 4.69) is 16.0 Å². The summed E-state index contributed by atoms with van der Waals surface area (Å²) in [5, 5.41) is 16.5. The first-order valence-corrected chi connectivity index (χ1v) is 9.91. The SMILES string of the molecule is CC[C@H](C)[C@H](NC(=O)[C@H](CCC(N)=O)NC(=O)[C@@H](N)CO)C(=O)N[C@H]([C]=O)C(C)C. The zero-order valence-electron chi connectivity index (χ0n) is 17.9. The molecule has 30 heavy (non-hydrogen) atoms. The summed E-state index contributed by atoms with van der Waals surface area (Å²) in [6, 6.07) is -4.27. The van der Waals surface area contributed by atoms with Crippen molar-refractivity contribution >= 4 is 29.9 Å². The van der Waals surface area contributed by atoms with E-state index in [0.29, 0.717) is 6.42 Å². The van der Waals surface area contributed by atoms with Gasteiger partial charge in [0, 0.05) is 6.42 Å². The molecule has 0 rings (SSSR count). The van der Waals surface area contributed by atoms with Gasteiger partial charge in [-0.05, 0) is 18.3 Å². The zero-order chi connectivity index (χ0) is 23.4. The fraction of sp³-hybridized carbons (Fsp3) is 0.737. The number of hydrogen-bond donors (Lipinski definition) is 6. The quantitative estimate of drug-likeness (QED) is 0.181. The second kappa shape index (κ2) is 13.6. The van der Waals surface area contributed by atoms with Crippen molar-refractivity contribution in [3.05, 3.63) is 0 Å². The molecule has 0 unspecified atom stereocenters. The summed E-state index contributed by atoms with van der Waals surface area (Å²) in [6.45, 7) is 6.43. The summed E-state index contributed by atoms with van der Waals surface area (Å²) in [6.07, 6.45) is 2.00. The Bertz CT molecular complexity index is 612. The molecule has 0 aliphatic rings. The lowest BCUT2D eigenvalue weighted by Crippen LogP contribution is -2.58. The molecule has 0 saturated carbocycles. The average molecular weight is 429 g/mol. The summed E-state index contributed by atoms with van der Waals surface area (Å²) in [4.78, 5) is 59.7. The van der Waals surface area contributed by atoms with Gasteiger partial charge in [0.15, 0.2) is 0 Å². The highest BCUT2D eigenvalue weighted by Gasteiger charge is 2.32. The Morgan fingerprint density at radius 2 is 1.60 bits per heavy atom. The van der Waals surface area contributed by atoms with Crippen molar-refractivity contribution in [1.29, 1.82) is 0 Å². The first-order chi connectivity index (χ1) is 14.0. The summed E-state index contributed by atoms with van der Waals surface area (Å²) < 4.78 is 0. The molecule has 0 aromatic heterocycles. The van der Waals surface area contributed by atoms with Crippen LogP contribution in [-0.2, 0) is 24.0 Å². The van der Waals surface area contributed by atoms with Gasteiger partial charge in [-0.1, -0.05) is 34.1 Å². The number of hydrogen-bond acceptors (Lipinski definition) is 7. The van der Waals surface area contributed by atoms with E-state index in [1.807, 2.05) is 6.92 Å². The van der Waals surface area contributed by atoms with Crippen molar-refractivity contribution < 1.29 is 29.1 Å². The first kappa shape index (κ1) is 27.5. The predicted octanol–water partition coefficient (Wildman–Crippen LogP) is -2.16. The van der Waals surface area contributed by atoms with E-state index in [4.69, 9.17) is 16.6 Å². The van der Waals surface area contributed by atoms with Crippen LogP contribution in [0.15, 0.2) is 0 Å². The fourth-order valence-corrected chi connectivity index (χ4v) is 2.45. The number of carbonyl (C=O) groups excluding carboxylic acids is 5. The summed E-state index contributed by atoms with van der Waals surface area (Å²) in [5.74, 6) is -3.23. The topological polar surface area (TPSA) is 194 Å². The number of rotatable bonds is 14. The van der Waals surface area contributed by atoms with Crippen LogP contribution < -0.4 is 27.4 Å². The third kappa shape index (κ3) is 9.31. The van der Waals surface area contributed by atoms with Gasteiger partial charge in [0.2, 0.25) is 29.9 Å². The van der Waals surface area contributed by atoms with E-state index in [-0.39, 0.29) is 24.7 Å². The van der Waals surface area contributed by atoms with Crippen molar-refractivity contribution in [2.24, 2.45) is 23.3 Å². The third-order valence-corrected chi connectivity index (χ3v) is 4.73. The molecule has 0 aliphatic carbocycles. The summed E-state index contributed by atoms with van der Waals surface area (Å²) >= 11 is 0. The number of nitrogens with two attached hydrogens (primary N) is 2. The van der Waals surface area contributed by atoms with E-state index < -0.39 is 54.4 Å². The van der Waals surface area contributed by atoms with Gasteiger partial charge >= 0.3 is 0 Å². The lowest BCUT2D eigenvalue weighted by Gasteiger charge is -2.28. The molecule has 4 amide bonds. The predicted molar refractivity (Wildman–Crippen MR) is 109 cm³/mol. The van der Waals surface area contributed by atoms with Gasteiger partial charge in [0.1, 0.15) is 18.1 Å². The second-order valence-electron chi connectivity index (χ2n) is 7.58. The molecule has 0 aromatic carbocycles. The number of carbonyl (C=O) groups is 4. The number of aliphatic hydroxyl groups excluding tert-OH is 1. The van der Waals surface area contributed by atoms with E-state index in [1.54, 1.807) is 27.1 Å². The van der Waals surface area contributed by atoms with Crippen LogP contribution in [0.5, 0.6) is 0 Å². The highest BCUT2D eigenvalue weighted by Crippen LogP contribution is 2.11. The molecule has 0 heterocycles. The van der Waals surface area contributed by atoms with Crippen LogP contribution in [0.25, 0.3) is 0 Å². The molecule has 1 radical (unpaired) electrons. The van der Waals surface area contributed by atoms with Gasteiger partial charge in [0.05, 0.1) is 12.6 Å². The minimum atomic E-state index is -1.25. The van der Waals surface area contributed by atoms with Crippen LogP contribution in [0.1, 0.15) is 47.0 Å². The molecule has 11 heteroatoms. The van der Waals surface area contributed by atoms with E-state index >= 15 is 0 Å². The van der Waals surface area contributed by atoms with Crippen molar-refractivity contribution in [2.75, 3.05) is 6.61 Å². The first-order valence-electron chi connectivity index (χ1n) is 9.91. The molecule has 0 spiro atoms. The van der Waals surface area contributed by atoms with Crippen molar-refractivity contribution in [3.8, 4) is 0 Å². The van der Waals surface area contributed by atoms with Crippen LogP contribution in [-0.4, -0.2) is 65.8 Å². The Balaban J connectivity index is 5.48. The van der Waals surface area contributed by atoms with Gasteiger partial charge in [-0.2, -0.15) is 0 Å². The normalized spacial score (nSPS) is 16.0. The highest BCUT2D eigenvalue weighted by atomic mass is 16.3. The number of amides is 4. The van der Waals surface area contributed by atoms with Gasteiger partial charge in [-0.3, -0.25) is 24.0 Å². The maximum atomic E-state index is 12.8. The molecule has 0 bridgehead atoms. The number of primary amides is 1. The Kier molecular flexibility index (Phi) is 12.5. The lowest BCUT2D eigenvalue weighted by atomic mass is 9.96. The molecule has 0 aliphatic heterocycles. The van der Waals surface area contributed by atoms with Gasteiger partial charge in [-0.25, -0.2) is 0 Å². The molecule has 5 atom stereocenters. The van der Waals surface area contributed by atoms with Crippen LogP contribution in [0, 0.1) is 11.8 Å².